The minimum Gasteiger partial charge on any atom is -0.458 e. The second kappa shape index (κ2) is 9.63. The van der Waals surface area contributed by atoms with Crippen LogP contribution in [-0.4, -0.2) is 27.9 Å². The van der Waals surface area contributed by atoms with E-state index in [4.69, 9.17) is 4.74 Å². The Balaban J connectivity index is 0.00000132. The van der Waals surface area contributed by atoms with E-state index < -0.39 is 12.2 Å². The van der Waals surface area contributed by atoms with Crippen LogP contribution < -0.4 is 0 Å². The third-order valence-corrected chi connectivity index (χ3v) is 5.26. The summed E-state index contributed by atoms with van der Waals surface area (Å²) in [6, 6.07) is 14.8. The van der Waals surface area contributed by atoms with Crippen molar-refractivity contribution in [3.8, 4) is 24.0 Å². The van der Waals surface area contributed by atoms with Crippen molar-refractivity contribution >= 4 is 22.9 Å². The number of aromatic nitrogens is 1. The van der Waals surface area contributed by atoms with Gasteiger partial charge in [0.1, 0.15) is 11.9 Å². The van der Waals surface area contributed by atoms with Crippen LogP contribution in [-0.2, 0) is 9.53 Å². The van der Waals surface area contributed by atoms with E-state index in [9.17, 15) is 14.3 Å². The molecule has 4 nitrogen and oxygen atoms in total. The molecule has 3 aromatic rings. The minimum absolute atomic E-state index is 0.0391. The van der Waals surface area contributed by atoms with Gasteiger partial charge in [-0.25, -0.2) is 4.39 Å². The van der Waals surface area contributed by atoms with Crippen LogP contribution >= 0.6 is 0 Å². The molecule has 2 heterocycles. The summed E-state index contributed by atoms with van der Waals surface area (Å²) in [6.45, 7) is 4.23. The molecule has 1 aromatic heterocycles. The third kappa shape index (κ3) is 4.70. The molecule has 1 N–H and O–H groups in total. The van der Waals surface area contributed by atoms with E-state index in [2.05, 4.69) is 43.4 Å². The summed E-state index contributed by atoms with van der Waals surface area (Å²) in [5, 5.41) is 11.0. The second-order valence-electron chi connectivity index (χ2n) is 7.73. The van der Waals surface area contributed by atoms with Gasteiger partial charge in [0.2, 0.25) is 0 Å². The Bertz CT molecular complexity index is 1110. The van der Waals surface area contributed by atoms with Gasteiger partial charge in [0.15, 0.2) is 0 Å². The molecular formula is C26H26FNO3. The van der Waals surface area contributed by atoms with E-state index in [1.54, 1.807) is 12.1 Å². The average Bonchev–Trinajstić information content (AvgIpc) is 3.08. The first-order chi connectivity index (χ1) is 14.9. The molecular weight excluding hydrogens is 393 g/mol. The van der Waals surface area contributed by atoms with Gasteiger partial charge in [-0.1, -0.05) is 30.3 Å². The van der Waals surface area contributed by atoms with E-state index in [0.29, 0.717) is 6.42 Å². The Morgan fingerprint density at radius 3 is 2.48 bits per heavy atom. The van der Waals surface area contributed by atoms with Crippen LogP contribution in [0.1, 0.15) is 38.4 Å². The predicted molar refractivity (Wildman–Crippen MR) is 122 cm³/mol. The van der Waals surface area contributed by atoms with Crippen molar-refractivity contribution in [1.29, 1.82) is 0 Å². The lowest BCUT2D eigenvalue weighted by molar-refractivity contribution is -0.156. The van der Waals surface area contributed by atoms with Crippen molar-refractivity contribution in [3.05, 3.63) is 66.1 Å². The first kappa shape index (κ1) is 22.3. The summed E-state index contributed by atoms with van der Waals surface area (Å²) in [5.74, 6) is -0.664. The summed E-state index contributed by atoms with van der Waals surface area (Å²) < 4.78 is 21.1. The highest BCUT2D eigenvalue weighted by atomic mass is 19.1. The molecule has 2 atom stereocenters. The van der Waals surface area contributed by atoms with Gasteiger partial charge in [-0.15, -0.1) is 12.8 Å². The summed E-state index contributed by atoms with van der Waals surface area (Å²) >= 11 is 0. The number of carbonyl (C=O) groups excluding carboxylic acids is 1. The van der Waals surface area contributed by atoms with Crippen molar-refractivity contribution in [2.24, 2.45) is 0 Å². The molecule has 5 heteroatoms. The van der Waals surface area contributed by atoms with Crippen LogP contribution in [0.5, 0.6) is 0 Å². The maximum atomic E-state index is 13.5. The van der Waals surface area contributed by atoms with Crippen LogP contribution in [0.2, 0.25) is 0 Å². The van der Waals surface area contributed by atoms with E-state index in [1.165, 1.54) is 12.1 Å². The summed E-state index contributed by atoms with van der Waals surface area (Å²) in [4.78, 5) is 11.7. The highest BCUT2D eigenvalue weighted by molar-refractivity contribution is 6.01. The molecule has 1 saturated heterocycles. The first-order valence-corrected chi connectivity index (χ1v) is 10.2. The maximum Gasteiger partial charge on any atom is 0.309 e. The number of carbonyl (C=O) groups is 1. The van der Waals surface area contributed by atoms with E-state index >= 15 is 0 Å². The van der Waals surface area contributed by atoms with Gasteiger partial charge >= 0.3 is 5.97 Å². The molecule has 2 aromatic carbocycles. The van der Waals surface area contributed by atoms with Gasteiger partial charge in [0.25, 0.3) is 0 Å². The van der Waals surface area contributed by atoms with Gasteiger partial charge in [-0.05, 0) is 49.8 Å². The molecule has 160 valence electrons. The van der Waals surface area contributed by atoms with Crippen molar-refractivity contribution in [2.75, 3.05) is 0 Å². The largest absolute Gasteiger partial charge is 0.458 e. The molecule has 0 spiro atoms. The van der Waals surface area contributed by atoms with Crippen LogP contribution in [0.25, 0.3) is 28.1 Å². The van der Waals surface area contributed by atoms with Crippen LogP contribution in [0.15, 0.2) is 54.6 Å². The SMILES string of the molecule is C#C.CC(C)n1c(/C=C/[C@@H]2CC(O)CC(=O)O2)c(-c2ccc(F)cc2)c2ccccc21. The number of hydrogen-bond acceptors (Lipinski definition) is 3. The number of aliphatic hydroxyl groups excluding tert-OH is 1. The number of aliphatic hydroxyl groups is 1. The molecule has 0 bridgehead atoms. The Labute approximate surface area is 182 Å². The minimum atomic E-state index is -0.682. The molecule has 31 heavy (non-hydrogen) atoms. The molecule has 1 aliphatic heterocycles. The smallest absolute Gasteiger partial charge is 0.309 e. The summed E-state index contributed by atoms with van der Waals surface area (Å²) in [7, 11) is 0. The number of esters is 1. The highest BCUT2D eigenvalue weighted by Crippen LogP contribution is 2.38. The fourth-order valence-corrected chi connectivity index (χ4v) is 4.05. The van der Waals surface area contributed by atoms with Gasteiger partial charge in [0, 0.05) is 34.6 Å². The molecule has 1 aliphatic rings. The monoisotopic (exact) mass is 419 g/mol. The van der Waals surface area contributed by atoms with Crippen molar-refractivity contribution in [1.82, 2.24) is 4.57 Å². The zero-order chi connectivity index (χ0) is 22.5. The molecule has 0 saturated carbocycles. The predicted octanol–water partition coefficient (Wildman–Crippen LogP) is 5.36. The van der Waals surface area contributed by atoms with Crippen LogP contribution in [0.3, 0.4) is 0 Å². The Morgan fingerprint density at radius 1 is 1.16 bits per heavy atom. The Kier molecular flexibility index (Phi) is 6.94. The third-order valence-electron chi connectivity index (χ3n) is 5.26. The van der Waals surface area contributed by atoms with E-state index in [0.717, 1.165) is 27.7 Å². The lowest BCUT2D eigenvalue weighted by Gasteiger charge is -2.23. The average molecular weight is 419 g/mol. The van der Waals surface area contributed by atoms with E-state index in [1.807, 2.05) is 24.3 Å². The number of terminal acetylenes is 1. The number of fused-ring (bicyclic) bond motifs is 1. The fourth-order valence-electron chi connectivity index (χ4n) is 4.05. The molecule has 0 amide bonds. The van der Waals surface area contributed by atoms with Gasteiger partial charge in [0.05, 0.1) is 12.5 Å². The van der Waals surface area contributed by atoms with Crippen LogP contribution in [0.4, 0.5) is 4.39 Å². The lowest BCUT2D eigenvalue weighted by Crippen LogP contribution is -2.31. The number of ether oxygens (including phenoxy) is 1. The number of rotatable bonds is 4. The zero-order valence-electron chi connectivity index (χ0n) is 17.7. The molecule has 0 aliphatic carbocycles. The summed E-state index contributed by atoms with van der Waals surface area (Å²) in [6.07, 6.45) is 11.1. The second-order valence-corrected chi connectivity index (χ2v) is 7.73. The number of halogens is 1. The molecule has 1 unspecified atom stereocenters. The van der Waals surface area contributed by atoms with Gasteiger partial charge < -0.3 is 14.4 Å². The first-order valence-electron chi connectivity index (χ1n) is 10.2. The van der Waals surface area contributed by atoms with Crippen LogP contribution in [0, 0.1) is 18.7 Å². The van der Waals surface area contributed by atoms with Crippen molar-refractivity contribution < 1.29 is 19.0 Å². The van der Waals surface area contributed by atoms with E-state index in [-0.39, 0.29) is 24.2 Å². The quantitative estimate of drug-likeness (QED) is 0.458. The number of nitrogens with zero attached hydrogens (tertiary/aromatic N) is 1. The lowest BCUT2D eigenvalue weighted by atomic mass is 10.0. The van der Waals surface area contributed by atoms with Crippen molar-refractivity contribution in [2.45, 2.75) is 44.9 Å². The number of cyclic esters (lactones) is 1. The Morgan fingerprint density at radius 2 is 1.84 bits per heavy atom. The van der Waals surface area contributed by atoms with Gasteiger partial charge in [-0.3, -0.25) is 4.79 Å². The van der Waals surface area contributed by atoms with Crippen molar-refractivity contribution in [3.63, 3.8) is 0 Å². The van der Waals surface area contributed by atoms with Gasteiger partial charge in [-0.2, -0.15) is 0 Å². The number of benzene rings is 2. The maximum absolute atomic E-state index is 13.5. The normalized spacial score (nSPS) is 18.7. The topological polar surface area (TPSA) is 51.5 Å². The highest BCUT2D eigenvalue weighted by Gasteiger charge is 2.26. The molecule has 1 fully saturated rings. The molecule has 4 rings (SSSR count). The zero-order valence-corrected chi connectivity index (χ0v) is 17.7. The summed E-state index contributed by atoms with van der Waals surface area (Å²) in [5.41, 5.74) is 3.97. The molecule has 0 radical (unpaired) electrons. The number of hydrogen-bond donors (Lipinski definition) is 1. The standard InChI is InChI=1S/C24H24FNO3.C2H2/c1-15(2)26-21-6-4-3-5-20(21)24(16-7-9-17(25)10-8-16)22(26)12-11-19-13-18(27)14-23(28)29-19;1-2/h3-12,15,18-19,27H,13-14H2,1-2H3;1-2H/b12-11+;/t18?,19-;/m1./s1. The Hall–Kier alpha value is -3.36. The number of para-hydroxylation sites is 1. The fraction of sp³-hybridized carbons (Fsp3) is 0.269.